The predicted molar refractivity (Wildman–Crippen MR) is 139 cm³/mol. The number of aromatic nitrogens is 4. The maximum Gasteiger partial charge on any atom is 0.329 e. The van der Waals surface area contributed by atoms with Crippen molar-refractivity contribution in [3.05, 3.63) is 53.2 Å². The van der Waals surface area contributed by atoms with Gasteiger partial charge in [0.1, 0.15) is 5.82 Å². The van der Waals surface area contributed by atoms with Gasteiger partial charge in [-0.05, 0) is 63.2 Å². The predicted octanol–water partition coefficient (Wildman–Crippen LogP) is 3.44. The van der Waals surface area contributed by atoms with Gasteiger partial charge in [-0.2, -0.15) is 0 Å². The minimum absolute atomic E-state index is 0.0121. The molecule has 2 aliphatic rings. The zero-order valence-electron chi connectivity index (χ0n) is 20.8. The Bertz CT molecular complexity index is 1450. The first-order valence-corrected chi connectivity index (χ1v) is 12.3. The summed E-state index contributed by atoms with van der Waals surface area (Å²) in [5.74, 6) is 1.02. The van der Waals surface area contributed by atoms with Gasteiger partial charge in [0, 0.05) is 56.5 Å². The van der Waals surface area contributed by atoms with E-state index in [4.69, 9.17) is 9.72 Å². The minimum Gasteiger partial charge on any atom is -0.381 e. The molecule has 1 aliphatic heterocycles. The molecule has 1 saturated heterocycles. The Kier molecular flexibility index (Phi) is 5.38. The molecule has 6 rings (SSSR count). The van der Waals surface area contributed by atoms with Gasteiger partial charge in [-0.15, -0.1) is 0 Å². The Balaban J connectivity index is 1.40. The molecule has 3 aromatic heterocycles. The van der Waals surface area contributed by atoms with Crippen LogP contribution in [0.1, 0.15) is 25.3 Å². The molecule has 0 spiro atoms. The summed E-state index contributed by atoms with van der Waals surface area (Å²) in [6.07, 6.45) is 6.75. The molecule has 4 heterocycles. The number of ether oxygens (including phenoxy) is 1. The molecule has 1 saturated carbocycles. The largest absolute Gasteiger partial charge is 0.381 e. The van der Waals surface area contributed by atoms with Crippen molar-refractivity contribution in [2.24, 2.45) is 7.05 Å². The van der Waals surface area contributed by atoms with Crippen LogP contribution < -0.4 is 10.6 Å². The van der Waals surface area contributed by atoms with Gasteiger partial charge in [0.25, 0.3) is 0 Å². The number of aryl methyl sites for hydroxylation is 1. The first-order chi connectivity index (χ1) is 16.9. The monoisotopic (exact) mass is 472 g/mol. The van der Waals surface area contributed by atoms with Crippen LogP contribution in [0.15, 0.2) is 47.5 Å². The van der Waals surface area contributed by atoms with E-state index in [2.05, 4.69) is 53.1 Å². The average molecular weight is 473 g/mol. The van der Waals surface area contributed by atoms with Gasteiger partial charge in [0.15, 0.2) is 0 Å². The van der Waals surface area contributed by atoms with Crippen molar-refractivity contribution in [1.29, 1.82) is 0 Å². The van der Waals surface area contributed by atoms with Crippen LogP contribution in [0.5, 0.6) is 0 Å². The lowest BCUT2D eigenvalue weighted by atomic mass is 10.0. The van der Waals surface area contributed by atoms with Crippen LogP contribution in [-0.4, -0.2) is 70.4 Å². The van der Waals surface area contributed by atoms with E-state index in [9.17, 15) is 4.79 Å². The topological polar surface area (TPSA) is 68.4 Å². The summed E-state index contributed by atoms with van der Waals surface area (Å²) in [6, 6.07) is 11.3. The fourth-order valence-electron chi connectivity index (χ4n) is 5.62. The molecule has 0 unspecified atom stereocenters. The molecule has 4 aromatic rings. The van der Waals surface area contributed by atoms with Crippen molar-refractivity contribution in [3.8, 4) is 11.1 Å². The second kappa shape index (κ2) is 8.46. The maximum atomic E-state index is 13.3. The quantitative estimate of drug-likeness (QED) is 0.443. The van der Waals surface area contributed by atoms with Crippen LogP contribution in [0.4, 0.5) is 5.82 Å². The second-order valence-electron chi connectivity index (χ2n) is 10.2. The third kappa shape index (κ3) is 3.63. The third-order valence-corrected chi connectivity index (χ3v) is 7.97. The van der Waals surface area contributed by atoms with Crippen molar-refractivity contribution in [1.82, 2.24) is 24.0 Å². The molecule has 0 amide bonds. The number of imidazole rings is 1. The lowest BCUT2D eigenvalue weighted by Gasteiger charge is -2.43. The Morgan fingerprint density at radius 3 is 2.51 bits per heavy atom. The van der Waals surface area contributed by atoms with Crippen LogP contribution in [0.2, 0.25) is 0 Å². The van der Waals surface area contributed by atoms with Gasteiger partial charge in [-0.25, -0.2) is 9.78 Å². The summed E-state index contributed by atoms with van der Waals surface area (Å²) >= 11 is 0. The summed E-state index contributed by atoms with van der Waals surface area (Å²) in [5.41, 5.74) is 4.86. The normalized spacial score (nSPS) is 20.9. The standard InChI is InChI=1S/C27H32N6O2/c1-30(2)20-15-32(16-20)25-10-6-18(13-29-25)17-5-9-23-22(11-17)26-24(14-28-23)31(3)27(34)33(26)19-7-8-21(12-19)35-4/h5-6,9-11,13-14,19-21H,7-8,12,15-16H2,1-4H3/t19-,21-/m1/s1. The van der Waals surface area contributed by atoms with Crippen LogP contribution >= 0.6 is 0 Å². The Morgan fingerprint density at radius 2 is 1.83 bits per heavy atom. The van der Waals surface area contributed by atoms with Crippen LogP contribution in [0, 0.1) is 0 Å². The third-order valence-electron chi connectivity index (χ3n) is 7.97. The first-order valence-electron chi connectivity index (χ1n) is 12.3. The SMILES string of the molecule is CO[C@@H]1CC[C@@H](n2c(=O)n(C)c3cnc4ccc(-c5ccc(N6CC(N(C)C)C6)nc5)cc4c32)C1. The number of pyridine rings is 2. The van der Waals surface area contributed by atoms with Gasteiger partial charge < -0.3 is 14.5 Å². The fraction of sp³-hybridized carbons (Fsp3) is 0.444. The van der Waals surface area contributed by atoms with Gasteiger partial charge >= 0.3 is 5.69 Å². The van der Waals surface area contributed by atoms with E-state index in [1.165, 1.54) is 0 Å². The minimum atomic E-state index is 0.0121. The number of hydrogen-bond acceptors (Lipinski definition) is 6. The number of methoxy groups -OCH3 is 1. The van der Waals surface area contributed by atoms with Gasteiger partial charge in [-0.3, -0.25) is 14.1 Å². The number of nitrogens with zero attached hydrogens (tertiary/aromatic N) is 6. The van der Waals surface area contributed by atoms with Crippen molar-refractivity contribution in [2.45, 2.75) is 37.5 Å². The highest BCUT2D eigenvalue weighted by atomic mass is 16.5. The average Bonchev–Trinajstić information content (AvgIpc) is 3.40. The highest BCUT2D eigenvalue weighted by Crippen LogP contribution is 2.36. The van der Waals surface area contributed by atoms with Crippen LogP contribution in [-0.2, 0) is 11.8 Å². The maximum absolute atomic E-state index is 13.3. The molecule has 2 fully saturated rings. The zero-order valence-corrected chi connectivity index (χ0v) is 20.8. The van der Waals surface area contributed by atoms with Crippen LogP contribution in [0.3, 0.4) is 0 Å². The second-order valence-corrected chi connectivity index (χ2v) is 10.2. The summed E-state index contributed by atoms with van der Waals surface area (Å²) < 4.78 is 9.30. The fourth-order valence-corrected chi connectivity index (χ4v) is 5.62. The number of likely N-dealkylation sites (N-methyl/N-ethyl adjacent to an activating group) is 1. The van der Waals surface area contributed by atoms with Crippen molar-refractivity contribution < 1.29 is 4.74 Å². The molecule has 35 heavy (non-hydrogen) atoms. The summed E-state index contributed by atoms with van der Waals surface area (Å²) in [5, 5.41) is 0.999. The summed E-state index contributed by atoms with van der Waals surface area (Å²) in [4.78, 5) is 27.3. The first kappa shape index (κ1) is 22.2. The highest BCUT2D eigenvalue weighted by Gasteiger charge is 2.30. The van der Waals surface area contributed by atoms with E-state index in [1.807, 2.05) is 30.1 Å². The highest BCUT2D eigenvalue weighted by molar-refractivity contribution is 6.04. The molecule has 182 valence electrons. The summed E-state index contributed by atoms with van der Waals surface area (Å²) in [6.45, 7) is 2.02. The molecular weight excluding hydrogens is 440 g/mol. The number of anilines is 1. The molecule has 0 bridgehead atoms. The van der Waals surface area contributed by atoms with Crippen molar-refractivity contribution >= 4 is 27.8 Å². The Labute approximate surface area is 204 Å². The van der Waals surface area contributed by atoms with Crippen molar-refractivity contribution in [3.63, 3.8) is 0 Å². The Morgan fingerprint density at radius 1 is 1.03 bits per heavy atom. The molecule has 8 nitrogen and oxygen atoms in total. The molecule has 8 heteroatoms. The molecule has 1 aliphatic carbocycles. The molecule has 0 N–H and O–H groups in total. The lowest BCUT2D eigenvalue weighted by Crippen LogP contribution is -2.57. The van der Waals surface area contributed by atoms with Crippen LogP contribution in [0.25, 0.3) is 33.1 Å². The number of benzene rings is 1. The smallest absolute Gasteiger partial charge is 0.329 e. The van der Waals surface area contributed by atoms with Crippen molar-refractivity contribution in [2.75, 3.05) is 39.2 Å². The molecule has 0 radical (unpaired) electrons. The summed E-state index contributed by atoms with van der Waals surface area (Å²) in [7, 11) is 7.84. The zero-order chi connectivity index (χ0) is 24.3. The Hall–Kier alpha value is -3.23. The van der Waals surface area contributed by atoms with E-state index in [1.54, 1.807) is 11.7 Å². The van der Waals surface area contributed by atoms with E-state index in [0.29, 0.717) is 6.04 Å². The van der Waals surface area contributed by atoms with E-state index in [0.717, 1.165) is 71.2 Å². The van der Waals surface area contributed by atoms with Gasteiger partial charge in [0.2, 0.25) is 0 Å². The van der Waals surface area contributed by atoms with E-state index in [-0.39, 0.29) is 17.8 Å². The van der Waals surface area contributed by atoms with Gasteiger partial charge in [-0.1, -0.05) is 6.07 Å². The van der Waals surface area contributed by atoms with Gasteiger partial charge in [0.05, 0.1) is 28.9 Å². The van der Waals surface area contributed by atoms with E-state index >= 15 is 0 Å². The lowest BCUT2D eigenvalue weighted by molar-refractivity contribution is 0.106. The number of hydrogen-bond donors (Lipinski definition) is 0. The molecule has 1 aromatic carbocycles. The molecule has 2 atom stereocenters. The van der Waals surface area contributed by atoms with E-state index < -0.39 is 0 Å². The number of fused-ring (bicyclic) bond motifs is 3. The molecular formula is C27H32N6O2. The number of rotatable bonds is 5.